The van der Waals surface area contributed by atoms with Crippen molar-refractivity contribution in [3.05, 3.63) is 57.6 Å². The second-order valence-corrected chi connectivity index (χ2v) is 9.77. The number of ether oxygens (including phenoxy) is 3. The van der Waals surface area contributed by atoms with Gasteiger partial charge in [-0.25, -0.2) is 4.79 Å². The van der Waals surface area contributed by atoms with Gasteiger partial charge in [-0.15, -0.1) is 0 Å². The fraction of sp³-hybridized carbons (Fsp3) is 0.462. The highest BCUT2D eigenvalue weighted by atomic mass is 16.6. The number of nitro benzene ring substituents is 1. The van der Waals surface area contributed by atoms with E-state index < -0.39 is 22.5 Å². The van der Waals surface area contributed by atoms with Gasteiger partial charge in [0.1, 0.15) is 5.60 Å². The van der Waals surface area contributed by atoms with E-state index in [4.69, 9.17) is 14.2 Å². The molecule has 1 saturated heterocycles. The van der Waals surface area contributed by atoms with Crippen LogP contribution in [-0.2, 0) is 11.3 Å². The number of nitro groups is 1. The number of nitrogens with one attached hydrogen (secondary N) is 2. The van der Waals surface area contributed by atoms with Crippen molar-refractivity contribution in [1.82, 2.24) is 10.2 Å². The molecule has 11 heteroatoms. The standard InChI is InChI=1S/C26H34N4O7/c1-26(2,3)37-25(32)29-12-6-7-18(16-29)28-21-10-9-19(30(33)34)14-20(21)24(31)27-15-17-8-11-22(35-4)23(13-17)36-5/h8-11,13-14,18,28H,6-7,12,15-16H2,1-5H3,(H,27,31). The monoisotopic (exact) mass is 514 g/mol. The van der Waals surface area contributed by atoms with Crippen LogP contribution in [0.1, 0.15) is 49.5 Å². The molecule has 0 bridgehead atoms. The van der Waals surface area contributed by atoms with E-state index >= 15 is 0 Å². The van der Waals surface area contributed by atoms with Crippen LogP contribution in [0.3, 0.4) is 0 Å². The Kier molecular flexibility index (Phi) is 8.80. The van der Waals surface area contributed by atoms with Crippen LogP contribution in [0.5, 0.6) is 11.5 Å². The van der Waals surface area contributed by atoms with E-state index in [9.17, 15) is 19.7 Å². The molecule has 1 unspecified atom stereocenters. The van der Waals surface area contributed by atoms with Crippen LogP contribution in [0.25, 0.3) is 0 Å². The molecule has 2 aromatic carbocycles. The zero-order valence-corrected chi connectivity index (χ0v) is 21.8. The SMILES string of the molecule is COc1ccc(CNC(=O)c2cc([N+](=O)[O-])ccc2NC2CCCN(C(=O)OC(C)(C)C)C2)cc1OC. The Morgan fingerprint density at radius 1 is 1.11 bits per heavy atom. The highest BCUT2D eigenvalue weighted by Gasteiger charge is 2.28. The van der Waals surface area contributed by atoms with Gasteiger partial charge in [0.15, 0.2) is 11.5 Å². The molecule has 0 radical (unpaired) electrons. The largest absolute Gasteiger partial charge is 0.493 e. The Balaban J connectivity index is 1.75. The minimum absolute atomic E-state index is 0.143. The summed E-state index contributed by atoms with van der Waals surface area (Å²) in [6.45, 7) is 6.58. The van der Waals surface area contributed by atoms with E-state index in [2.05, 4.69) is 10.6 Å². The second-order valence-electron chi connectivity index (χ2n) is 9.77. The summed E-state index contributed by atoms with van der Waals surface area (Å²) in [7, 11) is 3.06. The quantitative estimate of drug-likeness (QED) is 0.392. The van der Waals surface area contributed by atoms with Gasteiger partial charge in [0.2, 0.25) is 0 Å². The third-order valence-electron chi connectivity index (χ3n) is 5.79. The first kappa shape index (κ1) is 27.6. The van der Waals surface area contributed by atoms with Gasteiger partial charge in [-0.1, -0.05) is 6.07 Å². The third kappa shape index (κ3) is 7.48. The van der Waals surface area contributed by atoms with Crippen molar-refractivity contribution in [2.24, 2.45) is 0 Å². The lowest BCUT2D eigenvalue weighted by molar-refractivity contribution is -0.384. The van der Waals surface area contributed by atoms with E-state index in [1.807, 2.05) is 20.8 Å². The molecule has 0 aliphatic carbocycles. The van der Waals surface area contributed by atoms with Gasteiger partial charge in [0.05, 0.1) is 24.7 Å². The van der Waals surface area contributed by atoms with Crippen molar-refractivity contribution < 1.29 is 28.7 Å². The van der Waals surface area contributed by atoms with Crippen LogP contribution in [0.2, 0.25) is 0 Å². The number of nitrogens with zero attached hydrogens (tertiary/aromatic N) is 2. The summed E-state index contributed by atoms with van der Waals surface area (Å²) in [5, 5.41) is 17.5. The molecule has 200 valence electrons. The average molecular weight is 515 g/mol. The average Bonchev–Trinajstić information content (AvgIpc) is 2.86. The van der Waals surface area contributed by atoms with E-state index in [0.717, 1.165) is 18.4 Å². The Labute approximate surface area is 216 Å². The van der Waals surface area contributed by atoms with Gasteiger partial charge in [-0.2, -0.15) is 0 Å². The van der Waals surface area contributed by atoms with E-state index in [1.165, 1.54) is 32.4 Å². The molecular formula is C26H34N4O7. The lowest BCUT2D eigenvalue weighted by Crippen LogP contribution is -2.47. The summed E-state index contributed by atoms with van der Waals surface area (Å²) in [5.41, 5.74) is 0.567. The first-order valence-electron chi connectivity index (χ1n) is 12.0. The van der Waals surface area contributed by atoms with Gasteiger partial charge >= 0.3 is 6.09 Å². The van der Waals surface area contributed by atoms with Crippen LogP contribution in [0.4, 0.5) is 16.2 Å². The van der Waals surface area contributed by atoms with Gasteiger partial charge in [-0.05, 0) is 57.4 Å². The Morgan fingerprint density at radius 2 is 1.84 bits per heavy atom. The fourth-order valence-corrected chi connectivity index (χ4v) is 4.03. The number of hydrogen-bond donors (Lipinski definition) is 2. The van der Waals surface area contributed by atoms with E-state index in [0.29, 0.717) is 30.3 Å². The number of rotatable bonds is 8. The molecule has 1 fully saturated rings. The summed E-state index contributed by atoms with van der Waals surface area (Å²) in [5.74, 6) is 0.621. The molecule has 1 heterocycles. The molecule has 0 aromatic heterocycles. The Morgan fingerprint density at radius 3 is 2.49 bits per heavy atom. The first-order chi connectivity index (χ1) is 17.5. The van der Waals surface area contributed by atoms with Crippen LogP contribution in [0.15, 0.2) is 36.4 Å². The normalized spacial score (nSPS) is 15.5. The molecule has 3 rings (SSSR count). The lowest BCUT2D eigenvalue weighted by atomic mass is 10.0. The molecule has 0 spiro atoms. The summed E-state index contributed by atoms with van der Waals surface area (Å²) < 4.78 is 16.0. The number of carbonyl (C=O) groups excluding carboxylic acids is 2. The molecular weight excluding hydrogens is 480 g/mol. The van der Waals surface area contributed by atoms with Crippen molar-refractivity contribution in [3.8, 4) is 11.5 Å². The van der Waals surface area contributed by atoms with Crippen molar-refractivity contribution >= 4 is 23.4 Å². The van der Waals surface area contributed by atoms with Crippen molar-refractivity contribution in [2.75, 3.05) is 32.6 Å². The number of amides is 2. The topological polar surface area (TPSA) is 132 Å². The highest BCUT2D eigenvalue weighted by Crippen LogP contribution is 2.28. The Bertz CT molecular complexity index is 1150. The maximum atomic E-state index is 13.1. The van der Waals surface area contributed by atoms with Gasteiger partial charge in [0.25, 0.3) is 11.6 Å². The third-order valence-corrected chi connectivity index (χ3v) is 5.79. The molecule has 0 saturated carbocycles. The number of piperidine rings is 1. The van der Waals surface area contributed by atoms with Crippen molar-refractivity contribution in [3.63, 3.8) is 0 Å². The lowest BCUT2D eigenvalue weighted by Gasteiger charge is -2.35. The summed E-state index contributed by atoms with van der Waals surface area (Å²) >= 11 is 0. The highest BCUT2D eigenvalue weighted by molar-refractivity contribution is 6.00. The van der Waals surface area contributed by atoms with Gasteiger partial charge in [0, 0.05) is 43.5 Å². The fourth-order valence-electron chi connectivity index (χ4n) is 4.03. The number of likely N-dealkylation sites (tertiary alicyclic amines) is 1. The van der Waals surface area contributed by atoms with Crippen LogP contribution >= 0.6 is 0 Å². The zero-order chi connectivity index (χ0) is 27.2. The van der Waals surface area contributed by atoms with Crippen LogP contribution < -0.4 is 20.1 Å². The first-order valence-corrected chi connectivity index (χ1v) is 12.0. The van der Waals surface area contributed by atoms with Gasteiger partial charge < -0.3 is 29.7 Å². The zero-order valence-electron chi connectivity index (χ0n) is 21.8. The smallest absolute Gasteiger partial charge is 0.410 e. The van der Waals surface area contributed by atoms with Crippen molar-refractivity contribution in [1.29, 1.82) is 0 Å². The maximum Gasteiger partial charge on any atom is 0.410 e. The minimum atomic E-state index is -0.602. The molecule has 11 nitrogen and oxygen atoms in total. The van der Waals surface area contributed by atoms with Crippen LogP contribution in [-0.4, -0.2) is 60.8 Å². The van der Waals surface area contributed by atoms with E-state index in [-0.39, 0.29) is 23.8 Å². The van der Waals surface area contributed by atoms with E-state index in [1.54, 1.807) is 23.1 Å². The molecule has 37 heavy (non-hydrogen) atoms. The van der Waals surface area contributed by atoms with Gasteiger partial charge in [-0.3, -0.25) is 14.9 Å². The summed E-state index contributed by atoms with van der Waals surface area (Å²) in [6.07, 6.45) is 1.13. The molecule has 1 aliphatic rings. The summed E-state index contributed by atoms with van der Waals surface area (Å²) in [6, 6.07) is 9.25. The van der Waals surface area contributed by atoms with Crippen LogP contribution in [0, 0.1) is 10.1 Å². The van der Waals surface area contributed by atoms with Crippen molar-refractivity contribution in [2.45, 2.75) is 51.8 Å². The maximum absolute atomic E-state index is 13.1. The predicted octanol–water partition coefficient (Wildman–Crippen LogP) is 4.35. The molecule has 1 aliphatic heterocycles. The summed E-state index contributed by atoms with van der Waals surface area (Å²) in [4.78, 5) is 38.2. The molecule has 2 N–H and O–H groups in total. The molecule has 2 amide bonds. The Hall–Kier alpha value is -4.02. The number of non-ortho nitro benzene ring substituents is 1. The predicted molar refractivity (Wildman–Crippen MR) is 138 cm³/mol. The number of carbonyl (C=O) groups is 2. The number of benzene rings is 2. The minimum Gasteiger partial charge on any atom is -0.493 e. The number of methoxy groups -OCH3 is 2. The number of anilines is 1. The molecule has 2 aromatic rings. The second kappa shape index (κ2) is 11.8. The number of hydrogen-bond acceptors (Lipinski definition) is 8. The molecule has 1 atom stereocenters.